The third-order valence-electron chi connectivity index (χ3n) is 3.52. The second kappa shape index (κ2) is 5.66. The number of rotatable bonds is 2. The zero-order valence-corrected chi connectivity index (χ0v) is 13.4. The van der Waals surface area contributed by atoms with E-state index in [1.165, 1.54) is 16.1 Å². The Morgan fingerprint density at radius 3 is 3.00 bits per heavy atom. The van der Waals surface area contributed by atoms with Crippen LogP contribution in [0.3, 0.4) is 0 Å². The number of aromatic nitrogens is 1. The molecule has 1 atom stereocenters. The first-order valence-electron chi connectivity index (χ1n) is 7.08. The fourth-order valence-corrected chi connectivity index (χ4v) is 4.20. The number of thiazole rings is 1. The van der Waals surface area contributed by atoms with Crippen LogP contribution < -0.4 is 5.32 Å². The lowest BCUT2D eigenvalue weighted by Gasteiger charge is -2.27. The standard InChI is InChI=1S/C15H19N3S2/c1-10(2)16-15(19)18-9-5-7-12(18)14-17-11-6-3-4-8-13(11)20-14/h3-4,6,8,10,12H,5,7,9H2,1-2H3,(H,16,19)/t12-/m1/s1. The predicted molar refractivity (Wildman–Crippen MR) is 89.2 cm³/mol. The lowest BCUT2D eigenvalue weighted by atomic mass is 10.2. The summed E-state index contributed by atoms with van der Waals surface area (Å²) in [7, 11) is 0. The van der Waals surface area contributed by atoms with Gasteiger partial charge in [0.15, 0.2) is 5.11 Å². The van der Waals surface area contributed by atoms with Gasteiger partial charge in [-0.25, -0.2) is 4.98 Å². The zero-order chi connectivity index (χ0) is 14.1. The molecule has 1 aliphatic heterocycles. The molecule has 0 radical (unpaired) electrons. The van der Waals surface area contributed by atoms with Crippen LogP contribution in [0.5, 0.6) is 0 Å². The van der Waals surface area contributed by atoms with Crippen molar-refractivity contribution >= 4 is 38.9 Å². The number of nitrogens with zero attached hydrogens (tertiary/aromatic N) is 2. The lowest BCUT2D eigenvalue weighted by molar-refractivity contribution is 0.389. The Bertz CT molecular complexity index is 587. The van der Waals surface area contributed by atoms with E-state index in [-0.39, 0.29) is 0 Å². The molecule has 3 nitrogen and oxygen atoms in total. The minimum Gasteiger partial charge on any atom is -0.360 e. The van der Waals surface area contributed by atoms with E-state index in [0.717, 1.165) is 23.6 Å². The Balaban J connectivity index is 1.86. The summed E-state index contributed by atoms with van der Waals surface area (Å²) >= 11 is 7.33. The molecule has 3 rings (SSSR count). The molecule has 0 unspecified atom stereocenters. The molecule has 5 heteroatoms. The molecule has 2 heterocycles. The van der Waals surface area contributed by atoms with Crippen molar-refractivity contribution in [3.8, 4) is 0 Å². The van der Waals surface area contributed by atoms with Crippen LogP contribution in [0, 0.1) is 0 Å². The molecule has 106 valence electrons. The molecule has 1 fully saturated rings. The number of nitrogens with one attached hydrogen (secondary N) is 1. The SMILES string of the molecule is CC(C)NC(=S)N1CCC[C@@H]1c1nc2ccccc2s1. The fraction of sp³-hybridized carbons (Fsp3) is 0.467. The van der Waals surface area contributed by atoms with E-state index < -0.39 is 0 Å². The van der Waals surface area contributed by atoms with Crippen molar-refractivity contribution in [2.45, 2.75) is 38.8 Å². The number of likely N-dealkylation sites (tertiary alicyclic amines) is 1. The maximum absolute atomic E-state index is 5.54. The van der Waals surface area contributed by atoms with Crippen LogP contribution in [0.25, 0.3) is 10.2 Å². The van der Waals surface area contributed by atoms with Gasteiger partial charge in [-0.2, -0.15) is 0 Å². The van der Waals surface area contributed by atoms with E-state index >= 15 is 0 Å². The Labute approximate surface area is 129 Å². The minimum atomic E-state index is 0.339. The largest absolute Gasteiger partial charge is 0.360 e. The van der Waals surface area contributed by atoms with Gasteiger partial charge < -0.3 is 10.2 Å². The smallest absolute Gasteiger partial charge is 0.169 e. The Kier molecular flexibility index (Phi) is 3.89. The van der Waals surface area contributed by atoms with Gasteiger partial charge in [-0.15, -0.1) is 11.3 Å². The molecule has 1 aliphatic rings. The molecule has 0 amide bonds. The molecule has 0 aliphatic carbocycles. The van der Waals surface area contributed by atoms with Crippen molar-refractivity contribution in [2.24, 2.45) is 0 Å². The topological polar surface area (TPSA) is 28.2 Å². The summed E-state index contributed by atoms with van der Waals surface area (Å²) in [4.78, 5) is 7.09. The van der Waals surface area contributed by atoms with Crippen molar-refractivity contribution in [2.75, 3.05) is 6.54 Å². The van der Waals surface area contributed by atoms with E-state index in [4.69, 9.17) is 17.2 Å². The molecule has 0 spiro atoms. The molecular weight excluding hydrogens is 286 g/mol. The molecule has 1 N–H and O–H groups in total. The number of hydrogen-bond acceptors (Lipinski definition) is 3. The number of thiocarbonyl (C=S) groups is 1. The summed E-state index contributed by atoms with van der Waals surface area (Å²) in [6.45, 7) is 5.27. The Hall–Kier alpha value is -1.20. The first-order chi connectivity index (χ1) is 9.65. The van der Waals surface area contributed by atoms with Crippen molar-refractivity contribution in [1.82, 2.24) is 15.2 Å². The molecule has 1 saturated heterocycles. The third-order valence-corrected chi connectivity index (χ3v) is 5.01. The highest BCUT2D eigenvalue weighted by atomic mass is 32.1. The van der Waals surface area contributed by atoms with Crippen LogP contribution in [0.1, 0.15) is 37.7 Å². The van der Waals surface area contributed by atoms with Crippen LogP contribution in [-0.4, -0.2) is 27.6 Å². The highest BCUT2D eigenvalue weighted by Gasteiger charge is 2.30. The average Bonchev–Trinajstić information content (AvgIpc) is 3.04. The van der Waals surface area contributed by atoms with Crippen LogP contribution in [0.15, 0.2) is 24.3 Å². The molecule has 2 aromatic rings. The van der Waals surface area contributed by atoms with Crippen LogP contribution in [0.2, 0.25) is 0 Å². The summed E-state index contributed by atoms with van der Waals surface area (Å²) in [5.74, 6) is 0. The van der Waals surface area contributed by atoms with E-state index in [9.17, 15) is 0 Å². The van der Waals surface area contributed by atoms with Gasteiger partial charge in [0, 0.05) is 12.6 Å². The molecule has 20 heavy (non-hydrogen) atoms. The van der Waals surface area contributed by atoms with Crippen LogP contribution >= 0.6 is 23.6 Å². The van der Waals surface area contributed by atoms with E-state index in [1.807, 2.05) is 6.07 Å². The lowest BCUT2D eigenvalue weighted by Crippen LogP contribution is -2.42. The second-order valence-corrected chi connectivity index (χ2v) is 6.92. The van der Waals surface area contributed by atoms with Gasteiger partial charge in [0.05, 0.1) is 16.3 Å². The number of hydrogen-bond donors (Lipinski definition) is 1. The average molecular weight is 305 g/mol. The Morgan fingerprint density at radius 2 is 2.25 bits per heavy atom. The first kappa shape index (κ1) is 13.8. The Morgan fingerprint density at radius 1 is 1.45 bits per heavy atom. The highest BCUT2D eigenvalue weighted by Crippen LogP contribution is 2.36. The van der Waals surface area contributed by atoms with Gasteiger partial charge in [0.1, 0.15) is 5.01 Å². The van der Waals surface area contributed by atoms with Gasteiger partial charge in [-0.1, -0.05) is 12.1 Å². The summed E-state index contributed by atoms with van der Waals surface area (Å²) in [5.41, 5.74) is 1.10. The van der Waals surface area contributed by atoms with E-state index in [0.29, 0.717) is 12.1 Å². The van der Waals surface area contributed by atoms with Gasteiger partial charge >= 0.3 is 0 Å². The molecule has 1 aromatic carbocycles. The van der Waals surface area contributed by atoms with Gasteiger partial charge in [0.25, 0.3) is 0 Å². The summed E-state index contributed by atoms with van der Waals surface area (Å²) in [6.07, 6.45) is 2.32. The quantitative estimate of drug-likeness (QED) is 0.856. The van der Waals surface area contributed by atoms with Crippen molar-refractivity contribution in [3.05, 3.63) is 29.3 Å². The van der Waals surface area contributed by atoms with Crippen molar-refractivity contribution < 1.29 is 0 Å². The number of benzene rings is 1. The minimum absolute atomic E-state index is 0.339. The summed E-state index contributed by atoms with van der Waals surface area (Å²) in [6, 6.07) is 9.05. The normalized spacial score (nSPS) is 18.9. The first-order valence-corrected chi connectivity index (χ1v) is 8.30. The van der Waals surface area contributed by atoms with Gasteiger partial charge in [-0.05, 0) is 51.0 Å². The van der Waals surface area contributed by atoms with Crippen molar-refractivity contribution in [1.29, 1.82) is 0 Å². The third kappa shape index (κ3) is 2.65. The summed E-state index contributed by atoms with van der Waals surface area (Å²) < 4.78 is 1.26. The number of para-hydroxylation sites is 1. The predicted octanol–water partition coefficient (Wildman–Crippen LogP) is 3.72. The van der Waals surface area contributed by atoms with Crippen molar-refractivity contribution in [3.63, 3.8) is 0 Å². The zero-order valence-electron chi connectivity index (χ0n) is 11.8. The molecule has 0 bridgehead atoms. The monoisotopic (exact) mass is 305 g/mol. The van der Waals surface area contributed by atoms with Crippen LogP contribution in [-0.2, 0) is 0 Å². The maximum atomic E-state index is 5.54. The van der Waals surface area contributed by atoms with Gasteiger partial charge in [0.2, 0.25) is 0 Å². The molecular formula is C15H19N3S2. The fourth-order valence-electron chi connectivity index (χ4n) is 2.63. The highest BCUT2D eigenvalue weighted by molar-refractivity contribution is 7.80. The van der Waals surface area contributed by atoms with E-state index in [1.54, 1.807) is 11.3 Å². The van der Waals surface area contributed by atoms with E-state index in [2.05, 4.69) is 42.3 Å². The summed E-state index contributed by atoms with van der Waals surface area (Å²) in [5, 5.41) is 5.41. The second-order valence-electron chi connectivity index (χ2n) is 5.48. The molecule has 1 aromatic heterocycles. The van der Waals surface area contributed by atoms with Crippen LogP contribution in [0.4, 0.5) is 0 Å². The molecule has 0 saturated carbocycles. The number of fused-ring (bicyclic) bond motifs is 1. The van der Waals surface area contributed by atoms with Gasteiger partial charge in [-0.3, -0.25) is 0 Å². The maximum Gasteiger partial charge on any atom is 0.169 e.